The van der Waals surface area contributed by atoms with Crippen LogP contribution in [-0.4, -0.2) is 32.9 Å². The van der Waals surface area contributed by atoms with Gasteiger partial charge in [0.15, 0.2) is 0 Å². The first-order valence-electron chi connectivity index (χ1n) is 15.0. The van der Waals surface area contributed by atoms with Crippen molar-refractivity contribution in [3.8, 4) is 0 Å². The molecule has 0 saturated carbocycles. The van der Waals surface area contributed by atoms with Gasteiger partial charge in [0.2, 0.25) is 0 Å². The Labute approximate surface area is 248 Å². The summed E-state index contributed by atoms with van der Waals surface area (Å²) >= 11 is 0. The number of aromatic amines is 2. The number of aromatic nitrogens is 2. The van der Waals surface area contributed by atoms with E-state index in [-0.39, 0.29) is 18.2 Å². The Hall–Kier alpha value is -4.07. The number of carboxylic acid groups (broad SMARTS) is 1. The molecule has 1 atom stereocenters. The predicted octanol–water partition coefficient (Wildman–Crippen LogP) is 6.48. The second-order valence-corrected chi connectivity index (χ2v) is 11.5. The number of carboxylic acids is 1. The fourth-order valence-electron chi connectivity index (χ4n) is 6.32. The minimum atomic E-state index is -0.838. The smallest absolute Gasteiger partial charge is 0.303 e. The lowest BCUT2D eigenvalue weighted by atomic mass is 9.92. The second-order valence-electron chi connectivity index (χ2n) is 11.5. The molecule has 2 aliphatic rings. The van der Waals surface area contributed by atoms with Crippen LogP contribution in [0.5, 0.6) is 0 Å². The van der Waals surface area contributed by atoms with Gasteiger partial charge in [-0.1, -0.05) is 27.7 Å². The first-order valence-corrected chi connectivity index (χ1v) is 15.0. The van der Waals surface area contributed by atoms with Gasteiger partial charge in [-0.05, 0) is 105 Å². The van der Waals surface area contributed by atoms with Crippen molar-refractivity contribution in [2.75, 3.05) is 0 Å². The Morgan fingerprint density at radius 1 is 0.810 bits per heavy atom. The van der Waals surface area contributed by atoms with E-state index in [0.717, 1.165) is 92.4 Å². The normalized spacial score (nSPS) is 18.1. The minimum Gasteiger partial charge on any atom is -0.481 e. The first kappa shape index (κ1) is 30.9. The van der Waals surface area contributed by atoms with Crippen LogP contribution in [0.2, 0.25) is 0 Å². The summed E-state index contributed by atoms with van der Waals surface area (Å²) in [6.45, 7) is 16.3. The monoisotopic (exact) mass is 572 g/mol. The number of aliphatic carboxylic acids is 1. The molecule has 0 fully saturated rings. The standard InChI is InChI=1S/C34H44N4O4/c1-9-17(4)32-21(8)26(15-28-23(11-3)20(7)34(42)38-28)36-30(32)16-29-24(12-13-31(39)40)18(5)25(35-29)14-27-22(10-2)19(6)33(41)37-27/h14-15,17,35-36H,9-13,16H2,1-8H3,(H,37,41)(H,38,42)(H,39,40)/b27-14-,28-15-/t17-/m0/s1. The van der Waals surface area contributed by atoms with Crippen molar-refractivity contribution in [3.63, 3.8) is 0 Å². The maximum absolute atomic E-state index is 12.4. The van der Waals surface area contributed by atoms with Gasteiger partial charge in [-0.2, -0.15) is 0 Å². The van der Waals surface area contributed by atoms with E-state index >= 15 is 0 Å². The summed E-state index contributed by atoms with van der Waals surface area (Å²) in [6, 6.07) is 0. The van der Waals surface area contributed by atoms with E-state index in [2.05, 4.69) is 48.3 Å². The van der Waals surface area contributed by atoms with E-state index in [9.17, 15) is 19.5 Å². The summed E-state index contributed by atoms with van der Waals surface area (Å²) in [5.41, 5.74) is 13.4. The SMILES string of the molecule is CCC1=C(C)C(=O)N/C1=C\c1[nH]c(Cc2[nH]c(/C=C3\NC(=O)C(C)=C3CC)c(C)c2[C@@H](C)CC)c(CCC(=O)O)c1C. The van der Waals surface area contributed by atoms with Gasteiger partial charge in [-0.25, -0.2) is 0 Å². The number of amides is 2. The van der Waals surface area contributed by atoms with E-state index in [1.165, 1.54) is 5.56 Å². The maximum atomic E-state index is 12.4. The molecule has 0 spiro atoms. The average Bonchev–Trinajstić information content (AvgIpc) is 3.59. The second kappa shape index (κ2) is 12.4. The van der Waals surface area contributed by atoms with Crippen LogP contribution < -0.4 is 10.6 Å². The van der Waals surface area contributed by atoms with Crippen molar-refractivity contribution >= 4 is 29.9 Å². The molecule has 0 unspecified atom stereocenters. The highest BCUT2D eigenvalue weighted by molar-refractivity contribution is 6.01. The minimum absolute atomic E-state index is 0.0299. The van der Waals surface area contributed by atoms with E-state index in [1.54, 1.807) is 0 Å². The van der Waals surface area contributed by atoms with Crippen LogP contribution in [0.15, 0.2) is 33.7 Å². The zero-order chi connectivity index (χ0) is 30.9. The van der Waals surface area contributed by atoms with Crippen molar-refractivity contribution in [3.05, 3.63) is 78.7 Å². The molecule has 5 N–H and O–H groups in total. The van der Waals surface area contributed by atoms with Gasteiger partial charge in [0.1, 0.15) is 0 Å². The summed E-state index contributed by atoms with van der Waals surface area (Å²) in [6.07, 6.45) is 7.51. The van der Waals surface area contributed by atoms with Crippen molar-refractivity contribution in [2.45, 2.75) is 99.8 Å². The van der Waals surface area contributed by atoms with Crippen LogP contribution in [0, 0.1) is 13.8 Å². The number of hydrogen-bond acceptors (Lipinski definition) is 3. The number of carbonyl (C=O) groups excluding carboxylic acids is 2. The van der Waals surface area contributed by atoms with E-state index in [0.29, 0.717) is 18.8 Å². The van der Waals surface area contributed by atoms with Crippen LogP contribution in [-0.2, 0) is 27.2 Å². The largest absolute Gasteiger partial charge is 0.481 e. The van der Waals surface area contributed by atoms with Gasteiger partial charge in [-0.3, -0.25) is 14.4 Å². The zero-order valence-electron chi connectivity index (χ0n) is 26.1. The van der Waals surface area contributed by atoms with Crippen molar-refractivity contribution in [1.82, 2.24) is 20.6 Å². The lowest BCUT2D eigenvalue weighted by Gasteiger charge is -2.13. The number of hydrogen-bond donors (Lipinski definition) is 5. The number of rotatable bonds is 11. The number of H-pyrrole nitrogens is 2. The molecule has 0 aliphatic carbocycles. The highest BCUT2D eigenvalue weighted by Gasteiger charge is 2.26. The third-order valence-electron chi connectivity index (χ3n) is 8.99. The van der Waals surface area contributed by atoms with Crippen LogP contribution in [0.3, 0.4) is 0 Å². The third kappa shape index (κ3) is 5.80. The Kier molecular flexibility index (Phi) is 9.14. The summed E-state index contributed by atoms with van der Waals surface area (Å²) < 4.78 is 0. The predicted molar refractivity (Wildman–Crippen MR) is 167 cm³/mol. The average molecular weight is 573 g/mol. The molecule has 4 rings (SSSR count). The first-order chi connectivity index (χ1) is 19.9. The Morgan fingerprint density at radius 2 is 1.31 bits per heavy atom. The molecule has 8 heteroatoms. The molecule has 8 nitrogen and oxygen atoms in total. The molecule has 2 amide bonds. The summed E-state index contributed by atoms with van der Waals surface area (Å²) in [5, 5.41) is 15.5. The number of nitrogens with one attached hydrogen (secondary N) is 4. The van der Waals surface area contributed by atoms with Gasteiger partial charge in [0.05, 0.1) is 0 Å². The molecular weight excluding hydrogens is 528 g/mol. The van der Waals surface area contributed by atoms with Gasteiger partial charge in [0.25, 0.3) is 11.8 Å². The van der Waals surface area contributed by atoms with Gasteiger partial charge in [-0.15, -0.1) is 0 Å². The molecule has 2 aliphatic heterocycles. The van der Waals surface area contributed by atoms with Crippen molar-refractivity contribution in [2.24, 2.45) is 0 Å². The lowest BCUT2D eigenvalue weighted by Crippen LogP contribution is -2.15. The molecule has 0 radical (unpaired) electrons. The number of allylic oxidation sites excluding steroid dienone is 2. The van der Waals surface area contributed by atoms with E-state index in [4.69, 9.17) is 0 Å². The maximum Gasteiger partial charge on any atom is 0.303 e. The number of carbonyl (C=O) groups is 3. The summed E-state index contributed by atoms with van der Waals surface area (Å²) in [5.74, 6) is -0.662. The van der Waals surface area contributed by atoms with Gasteiger partial charge < -0.3 is 25.7 Å². The van der Waals surface area contributed by atoms with Crippen LogP contribution in [0.1, 0.15) is 118 Å². The van der Waals surface area contributed by atoms with Crippen LogP contribution >= 0.6 is 0 Å². The molecule has 0 saturated heterocycles. The fraction of sp³-hybridized carbons (Fsp3) is 0.441. The third-order valence-corrected chi connectivity index (χ3v) is 8.99. The molecule has 42 heavy (non-hydrogen) atoms. The highest BCUT2D eigenvalue weighted by atomic mass is 16.4. The van der Waals surface area contributed by atoms with Crippen LogP contribution in [0.25, 0.3) is 12.2 Å². The zero-order valence-corrected chi connectivity index (χ0v) is 26.1. The van der Waals surface area contributed by atoms with Crippen molar-refractivity contribution in [1.29, 1.82) is 0 Å². The molecule has 4 heterocycles. The summed E-state index contributed by atoms with van der Waals surface area (Å²) in [7, 11) is 0. The molecule has 2 aromatic heterocycles. The fourth-order valence-corrected chi connectivity index (χ4v) is 6.32. The quantitative estimate of drug-likeness (QED) is 0.211. The highest BCUT2D eigenvalue weighted by Crippen LogP contribution is 2.35. The molecule has 0 bridgehead atoms. The molecule has 0 aromatic carbocycles. The van der Waals surface area contributed by atoms with E-state index in [1.807, 2.05) is 39.8 Å². The van der Waals surface area contributed by atoms with Gasteiger partial charge in [0, 0.05) is 58.2 Å². The molecule has 224 valence electrons. The van der Waals surface area contributed by atoms with E-state index < -0.39 is 5.97 Å². The molecular formula is C34H44N4O4. The Balaban J connectivity index is 1.81. The molecule has 2 aromatic rings. The summed E-state index contributed by atoms with van der Waals surface area (Å²) in [4.78, 5) is 43.6. The topological polar surface area (TPSA) is 127 Å². The van der Waals surface area contributed by atoms with Crippen molar-refractivity contribution < 1.29 is 19.5 Å². The lowest BCUT2D eigenvalue weighted by molar-refractivity contribution is -0.137. The Morgan fingerprint density at radius 3 is 1.79 bits per heavy atom. The van der Waals surface area contributed by atoms with Gasteiger partial charge >= 0.3 is 5.97 Å². The van der Waals surface area contributed by atoms with Crippen LogP contribution in [0.4, 0.5) is 0 Å². The Bertz CT molecular complexity index is 1570.